The minimum atomic E-state index is -0.133. The van der Waals surface area contributed by atoms with Crippen molar-refractivity contribution >= 4 is 5.78 Å². The molecule has 6 unspecified atom stereocenters. The molecule has 4 aliphatic rings. The van der Waals surface area contributed by atoms with Gasteiger partial charge in [0, 0.05) is 18.3 Å². The molecule has 2 nitrogen and oxygen atoms in total. The van der Waals surface area contributed by atoms with E-state index in [-0.39, 0.29) is 12.0 Å². The van der Waals surface area contributed by atoms with Crippen LogP contribution in [0.5, 0.6) is 0 Å². The summed E-state index contributed by atoms with van der Waals surface area (Å²) in [6, 6.07) is 0. The molecule has 0 aromatic rings. The molecule has 1 N–H and O–H groups in total. The molecular weight excluding hydrogens is 392 g/mol. The van der Waals surface area contributed by atoms with Crippen molar-refractivity contribution in [1.29, 1.82) is 0 Å². The molecule has 184 valence electrons. The van der Waals surface area contributed by atoms with Crippen molar-refractivity contribution in [2.75, 3.05) is 0 Å². The van der Waals surface area contributed by atoms with E-state index in [1.54, 1.807) is 5.57 Å². The molecule has 0 radical (unpaired) electrons. The van der Waals surface area contributed by atoms with Gasteiger partial charge in [-0.1, -0.05) is 67.0 Å². The van der Waals surface area contributed by atoms with Gasteiger partial charge in [0.2, 0.25) is 0 Å². The Morgan fingerprint density at radius 3 is 2.34 bits per heavy atom. The van der Waals surface area contributed by atoms with Gasteiger partial charge in [-0.2, -0.15) is 0 Å². The standard InChI is InChI=1S/C28H46O2.C2H6/c1-17(2)25(29)13-7-18(3)21-10-11-24-23-9-8-20-19(4)26(30)14-12-22(20)28(23,6)16-15-27(21,24)5;1-2/h8,17-19,21-24,26,30H,7,9-16H2,1-6H3;1-2H3/t18?,19-,21?,22?,23?,24?,26?,27-,28+;/m1./s1. The zero-order chi connectivity index (χ0) is 23.8. The zero-order valence-corrected chi connectivity index (χ0v) is 22.4. The molecule has 4 rings (SSSR count). The number of hydrogen-bond acceptors (Lipinski definition) is 2. The van der Waals surface area contributed by atoms with Crippen LogP contribution in [0.4, 0.5) is 0 Å². The summed E-state index contributed by atoms with van der Waals surface area (Å²) in [5.41, 5.74) is 2.47. The second-order valence-electron chi connectivity index (χ2n) is 12.5. The van der Waals surface area contributed by atoms with Crippen LogP contribution in [0.2, 0.25) is 0 Å². The maximum absolute atomic E-state index is 12.2. The van der Waals surface area contributed by atoms with Crippen molar-refractivity contribution in [3.05, 3.63) is 11.6 Å². The lowest BCUT2D eigenvalue weighted by molar-refractivity contribution is -0.122. The van der Waals surface area contributed by atoms with E-state index in [4.69, 9.17) is 0 Å². The summed E-state index contributed by atoms with van der Waals surface area (Å²) >= 11 is 0. The monoisotopic (exact) mass is 444 g/mol. The van der Waals surface area contributed by atoms with E-state index in [1.165, 1.54) is 38.5 Å². The van der Waals surface area contributed by atoms with E-state index in [9.17, 15) is 9.90 Å². The first-order valence-electron chi connectivity index (χ1n) is 14.0. The number of ketones is 1. The number of allylic oxidation sites excluding steroid dienone is 1. The van der Waals surface area contributed by atoms with Crippen molar-refractivity contribution in [2.24, 2.45) is 52.3 Å². The summed E-state index contributed by atoms with van der Waals surface area (Å²) in [7, 11) is 0. The highest BCUT2D eigenvalue weighted by atomic mass is 16.3. The van der Waals surface area contributed by atoms with Crippen molar-refractivity contribution in [3.8, 4) is 0 Å². The average molecular weight is 445 g/mol. The normalized spacial score (nSPS) is 43.9. The van der Waals surface area contributed by atoms with Crippen LogP contribution in [0.3, 0.4) is 0 Å². The third-order valence-corrected chi connectivity index (χ3v) is 10.9. The smallest absolute Gasteiger partial charge is 0.135 e. The maximum atomic E-state index is 12.2. The summed E-state index contributed by atoms with van der Waals surface area (Å²) in [6.45, 7) is 18.0. The molecule has 0 amide bonds. The Bertz CT molecular complexity index is 693. The van der Waals surface area contributed by atoms with E-state index in [0.717, 1.165) is 37.0 Å². The van der Waals surface area contributed by atoms with E-state index in [1.807, 2.05) is 27.7 Å². The van der Waals surface area contributed by atoms with Gasteiger partial charge in [-0.3, -0.25) is 4.79 Å². The lowest BCUT2D eigenvalue weighted by Gasteiger charge is -2.60. The van der Waals surface area contributed by atoms with E-state index in [2.05, 4.69) is 33.8 Å². The second-order valence-corrected chi connectivity index (χ2v) is 12.5. The van der Waals surface area contributed by atoms with Gasteiger partial charge in [0.05, 0.1) is 6.10 Å². The molecule has 4 aliphatic carbocycles. The molecule has 3 saturated carbocycles. The molecule has 32 heavy (non-hydrogen) atoms. The summed E-state index contributed by atoms with van der Waals surface area (Å²) in [5, 5.41) is 10.4. The SMILES string of the molecule is CC.CC(C)C(=O)CCC(C)C1CCC2C3CC=C4C(CCC(O)[C@@H]4C)[C@]3(C)CC[C@]12C. The van der Waals surface area contributed by atoms with Gasteiger partial charge in [-0.25, -0.2) is 0 Å². The van der Waals surface area contributed by atoms with Crippen LogP contribution >= 0.6 is 0 Å². The Morgan fingerprint density at radius 2 is 1.69 bits per heavy atom. The Labute approximate surface area is 199 Å². The molecular formula is C30H52O2. The van der Waals surface area contributed by atoms with Crippen molar-refractivity contribution in [1.82, 2.24) is 0 Å². The fourth-order valence-corrected chi connectivity index (χ4v) is 8.76. The lowest BCUT2D eigenvalue weighted by atomic mass is 9.44. The maximum Gasteiger partial charge on any atom is 0.135 e. The zero-order valence-electron chi connectivity index (χ0n) is 22.4. The number of carbonyl (C=O) groups excluding carboxylic acids is 1. The minimum absolute atomic E-state index is 0.133. The fraction of sp³-hybridized carbons (Fsp3) is 0.900. The van der Waals surface area contributed by atoms with Crippen molar-refractivity contribution < 1.29 is 9.90 Å². The summed E-state index contributed by atoms with van der Waals surface area (Å²) in [4.78, 5) is 12.2. The number of Topliss-reactive ketones (excluding diaryl/α,β-unsaturated/α-hetero) is 1. The summed E-state index contributed by atoms with van der Waals surface area (Å²) < 4.78 is 0. The van der Waals surface area contributed by atoms with Crippen molar-refractivity contribution in [3.63, 3.8) is 0 Å². The largest absolute Gasteiger partial charge is 0.393 e. The molecule has 0 saturated heterocycles. The highest BCUT2D eigenvalue weighted by molar-refractivity contribution is 5.80. The quantitative estimate of drug-likeness (QED) is 0.438. The van der Waals surface area contributed by atoms with Crippen molar-refractivity contribution in [2.45, 2.75) is 119 Å². The topological polar surface area (TPSA) is 37.3 Å². The lowest BCUT2D eigenvalue weighted by Crippen LogP contribution is -2.53. The minimum Gasteiger partial charge on any atom is -0.393 e. The number of hydrogen-bond donors (Lipinski definition) is 1. The Balaban J connectivity index is 0.00000141. The van der Waals surface area contributed by atoms with E-state index < -0.39 is 0 Å². The van der Waals surface area contributed by atoms with Crippen LogP contribution in [0.15, 0.2) is 11.6 Å². The number of aliphatic hydroxyl groups is 1. The van der Waals surface area contributed by atoms with Crippen LogP contribution in [-0.4, -0.2) is 17.0 Å². The molecule has 2 heteroatoms. The van der Waals surface area contributed by atoms with E-state index in [0.29, 0.717) is 34.4 Å². The predicted molar refractivity (Wildman–Crippen MR) is 135 cm³/mol. The highest BCUT2D eigenvalue weighted by Gasteiger charge is 2.61. The van der Waals surface area contributed by atoms with Gasteiger partial charge in [0.25, 0.3) is 0 Å². The van der Waals surface area contributed by atoms with Gasteiger partial charge in [-0.05, 0) is 91.8 Å². The molecule has 0 heterocycles. The first-order chi connectivity index (χ1) is 15.1. The molecule has 9 atom stereocenters. The second kappa shape index (κ2) is 9.93. The summed E-state index contributed by atoms with van der Waals surface area (Å²) in [6.07, 6.45) is 13.1. The van der Waals surface area contributed by atoms with Gasteiger partial charge in [-0.15, -0.1) is 0 Å². The van der Waals surface area contributed by atoms with Gasteiger partial charge in [0.1, 0.15) is 5.78 Å². The Morgan fingerprint density at radius 1 is 1.03 bits per heavy atom. The molecule has 0 aromatic carbocycles. The molecule has 0 aromatic heterocycles. The number of rotatable bonds is 5. The third kappa shape index (κ3) is 4.27. The van der Waals surface area contributed by atoms with Crippen LogP contribution < -0.4 is 0 Å². The molecule has 0 spiro atoms. The van der Waals surface area contributed by atoms with Gasteiger partial charge >= 0.3 is 0 Å². The first-order valence-corrected chi connectivity index (χ1v) is 14.0. The third-order valence-electron chi connectivity index (χ3n) is 10.9. The predicted octanol–water partition coefficient (Wildman–Crippen LogP) is 7.84. The van der Waals surface area contributed by atoms with Gasteiger partial charge < -0.3 is 5.11 Å². The Hall–Kier alpha value is -0.630. The summed E-state index contributed by atoms with van der Waals surface area (Å²) in [5.74, 6) is 4.75. The number of carbonyl (C=O) groups is 1. The highest BCUT2D eigenvalue weighted by Crippen LogP contribution is 2.69. The van der Waals surface area contributed by atoms with Gasteiger partial charge in [0.15, 0.2) is 0 Å². The van der Waals surface area contributed by atoms with Crippen LogP contribution in [0.25, 0.3) is 0 Å². The number of aliphatic hydroxyl groups excluding tert-OH is 1. The molecule has 0 aliphatic heterocycles. The van der Waals surface area contributed by atoms with Crippen LogP contribution in [-0.2, 0) is 4.79 Å². The Kier molecular flexibility index (Phi) is 8.06. The average Bonchev–Trinajstić information content (AvgIpc) is 3.12. The number of fused-ring (bicyclic) bond motifs is 5. The molecule has 0 bridgehead atoms. The van der Waals surface area contributed by atoms with E-state index >= 15 is 0 Å². The first kappa shape index (κ1) is 26.0. The van der Waals surface area contributed by atoms with Crippen LogP contribution in [0.1, 0.15) is 113 Å². The van der Waals surface area contributed by atoms with Crippen LogP contribution in [0, 0.1) is 52.3 Å². The molecule has 3 fully saturated rings. The fourth-order valence-electron chi connectivity index (χ4n) is 8.76.